The molecule has 1 aromatic rings. The van der Waals surface area contributed by atoms with Gasteiger partial charge in [0.05, 0.1) is 19.0 Å². The summed E-state index contributed by atoms with van der Waals surface area (Å²) in [6, 6.07) is 6.81. The molecule has 2 unspecified atom stereocenters. The summed E-state index contributed by atoms with van der Waals surface area (Å²) in [7, 11) is 0. The van der Waals surface area contributed by atoms with Gasteiger partial charge in [0.2, 0.25) is 11.8 Å². The third-order valence-corrected chi connectivity index (χ3v) is 5.04. The van der Waals surface area contributed by atoms with Crippen LogP contribution in [0.15, 0.2) is 24.3 Å². The van der Waals surface area contributed by atoms with Gasteiger partial charge in [0.25, 0.3) is 0 Å². The summed E-state index contributed by atoms with van der Waals surface area (Å²) in [6.07, 6.45) is 3.70. The number of amides is 4. The molecule has 1 aliphatic carbocycles. The number of imide groups is 1. The minimum Gasteiger partial charge on any atom is -0.329 e. The molecular formula is C18H24N4O3. The molecule has 1 saturated heterocycles. The van der Waals surface area contributed by atoms with Crippen LogP contribution in [0.5, 0.6) is 0 Å². The average Bonchev–Trinajstić information content (AvgIpc) is 2.86. The van der Waals surface area contributed by atoms with E-state index in [4.69, 9.17) is 5.73 Å². The van der Waals surface area contributed by atoms with Crippen molar-refractivity contribution in [1.82, 2.24) is 10.2 Å². The number of carbonyl (C=O) groups excluding carboxylic acids is 3. The Labute approximate surface area is 146 Å². The molecule has 4 amide bonds. The molecule has 1 saturated carbocycles. The summed E-state index contributed by atoms with van der Waals surface area (Å²) in [5.74, 6) is -0.534. The van der Waals surface area contributed by atoms with Crippen LogP contribution in [-0.2, 0) is 16.1 Å². The highest BCUT2D eigenvalue weighted by Gasteiger charge is 2.37. The Kier molecular flexibility index (Phi) is 4.76. The topological polar surface area (TPSA) is 105 Å². The molecule has 4 N–H and O–H groups in total. The van der Waals surface area contributed by atoms with E-state index in [1.807, 2.05) is 13.0 Å². The van der Waals surface area contributed by atoms with Crippen molar-refractivity contribution in [2.75, 3.05) is 11.9 Å². The van der Waals surface area contributed by atoms with E-state index in [1.54, 1.807) is 18.2 Å². The van der Waals surface area contributed by atoms with E-state index in [0.717, 1.165) is 31.2 Å². The molecule has 0 radical (unpaired) electrons. The molecule has 7 heteroatoms. The van der Waals surface area contributed by atoms with Crippen molar-refractivity contribution in [3.05, 3.63) is 29.8 Å². The zero-order valence-corrected chi connectivity index (χ0v) is 14.4. The fraction of sp³-hybridized carbons (Fsp3) is 0.500. The first-order valence-corrected chi connectivity index (χ1v) is 8.64. The van der Waals surface area contributed by atoms with E-state index in [0.29, 0.717) is 5.69 Å². The quantitative estimate of drug-likeness (QED) is 0.721. The third-order valence-electron chi connectivity index (χ3n) is 5.04. The second-order valence-electron chi connectivity index (χ2n) is 7.13. The largest absolute Gasteiger partial charge is 0.329 e. The number of carbonyl (C=O) groups is 3. The number of benzene rings is 1. The van der Waals surface area contributed by atoms with Crippen LogP contribution in [0.3, 0.4) is 0 Å². The predicted molar refractivity (Wildman–Crippen MR) is 93.6 cm³/mol. The first-order valence-electron chi connectivity index (χ1n) is 8.64. The van der Waals surface area contributed by atoms with Crippen LogP contribution in [-0.4, -0.2) is 34.8 Å². The minimum atomic E-state index is -0.486. The van der Waals surface area contributed by atoms with Gasteiger partial charge in [-0.2, -0.15) is 0 Å². The van der Waals surface area contributed by atoms with Gasteiger partial charge in [-0.25, -0.2) is 4.79 Å². The molecule has 2 fully saturated rings. The van der Waals surface area contributed by atoms with Crippen LogP contribution >= 0.6 is 0 Å². The van der Waals surface area contributed by atoms with E-state index in [-0.39, 0.29) is 36.9 Å². The summed E-state index contributed by atoms with van der Waals surface area (Å²) in [5.41, 5.74) is 7.24. The van der Waals surface area contributed by atoms with Gasteiger partial charge in [0, 0.05) is 11.2 Å². The lowest BCUT2D eigenvalue weighted by molar-refractivity contribution is -0.125. The normalized spacial score (nSPS) is 26.5. The number of rotatable bonds is 4. The van der Waals surface area contributed by atoms with Gasteiger partial charge in [0.15, 0.2) is 0 Å². The van der Waals surface area contributed by atoms with Gasteiger partial charge in [-0.3, -0.25) is 14.5 Å². The third kappa shape index (κ3) is 3.82. The van der Waals surface area contributed by atoms with E-state index in [9.17, 15) is 14.4 Å². The molecule has 1 aliphatic heterocycles. The Morgan fingerprint density at radius 2 is 2.20 bits per heavy atom. The fourth-order valence-corrected chi connectivity index (χ4v) is 3.56. The Morgan fingerprint density at radius 3 is 2.88 bits per heavy atom. The minimum absolute atomic E-state index is 0.0338. The van der Waals surface area contributed by atoms with E-state index in [1.165, 1.54) is 4.90 Å². The van der Waals surface area contributed by atoms with Crippen molar-refractivity contribution >= 4 is 23.5 Å². The predicted octanol–water partition coefficient (Wildman–Crippen LogP) is 1.58. The SMILES string of the molecule is CC1(N)CCCCC1C(=O)Nc1cccc(CN2C(=O)CNC2=O)c1. The van der Waals surface area contributed by atoms with Crippen molar-refractivity contribution in [1.29, 1.82) is 0 Å². The lowest BCUT2D eigenvalue weighted by Crippen LogP contribution is -2.51. The Hall–Kier alpha value is -2.41. The van der Waals surface area contributed by atoms with Gasteiger partial charge < -0.3 is 16.4 Å². The van der Waals surface area contributed by atoms with Crippen molar-refractivity contribution in [2.45, 2.75) is 44.7 Å². The lowest BCUT2D eigenvalue weighted by Gasteiger charge is -2.37. The van der Waals surface area contributed by atoms with E-state index in [2.05, 4.69) is 10.6 Å². The Balaban J connectivity index is 1.68. The molecule has 2 atom stereocenters. The van der Waals surface area contributed by atoms with Crippen LogP contribution < -0.4 is 16.4 Å². The van der Waals surface area contributed by atoms with Crippen LogP contribution in [0.4, 0.5) is 10.5 Å². The van der Waals surface area contributed by atoms with Gasteiger partial charge >= 0.3 is 6.03 Å². The summed E-state index contributed by atoms with van der Waals surface area (Å²) in [6.45, 7) is 2.16. The molecule has 2 aliphatic rings. The van der Waals surface area contributed by atoms with Crippen molar-refractivity contribution in [3.8, 4) is 0 Å². The number of hydrogen-bond acceptors (Lipinski definition) is 4. The first kappa shape index (κ1) is 17.4. The smallest absolute Gasteiger partial charge is 0.324 e. The molecule has 0 aromatic heterocycles. The zero-order valence-electron chi connectivity index (χ0n) is 14.4. The second-order valence-corrected chi connectivity index (χ2v) is 7.13. The summed E-state index contributed by atoms with van der Waals surface area (Å²) >= 11 is 0. The van der Waals surface area contributed by atoms with Gasteiger partial charge in [-0.05, 0) is 37.5 Å². The highest BCUT2D eigenvalue weighted by Crippen LogP contribution is 2.32. The van der Waals surface area contributed by atoms with Gasteiger partial charge in [-0.15, -0.1) is 0 Å². The van der Waals surface area contributed by atoms with Crippen molar-refractivity contribution in [2.24, 2.45) is 11.7 Å². The molecule has 0 spiro atoms. The number of urea groups is 1. The number of nitrogens with one attached hydrogen (secondary N) is 2. The average molecular weight is 344 g/mol. The summed E-state index contributed by atoms with van der Waals surface area (Å²) in [5, 5.41) is 5.42. The zero-order chi connectivity index (χ0) is 18.0. The highest BCUT2D eigenvalue weighted by molar-refractivity contribution is 6.01. The summed E-state index contributed by atoms with van der Waals surface area (Å²) in [4.78, 5) is 37.1. The second kappa shape index (κ2) is 6.84. The number of anilines is 1. The molecule has 0 bridgehead atoms. The van der Waals surface area contributed by atoms with Crippen LogP contribution in [0.1, 0.15) is 38.2 Å². The van der Waals surface area contributed by atoms with Gasteiger partial charge in [-0.1, -0.05) is 25.0 Å². The molecular weight excluding hydrogens is 320 g/mol. The molecule has 1 heterocycles. The molecule has 134 valence electrons. The number of nitrogens with two attached hydrogens (primary N) is 1. The standard InChI is InChI=1S/C18H24N4O3/c1-18(19)8-3-2-7-14(18)16(24)21-13-6-4-5-12(9-13)11-22-15(23)10-20-17(22)25/h4-6,9,14H,2-3,7-8,10-11,19H2,1H3,(H,20,25)(H,21,24). The highest BCUT2D eigenvalue weighted by atomic mass is 16.2. The summed E-state index contributed by atoms with van der Waals surface area (Å²) < 4.78 is 0. The lowest BCUT2D eigenvalue weighted by atomic mass is 9.74. The molecule has 7 nitrogen and oxygen atoms in total. The van der Waals surface area contributed by atoms with Crippen LogP contribution in [0, 0.1) is 5.92 Å². The molecule has 3 rings (SSSR count). The fourth-order valence-electron chi connectivity index (χ4n) is 3.56. The van der Waals surface area contributed by atoms with E-state index < -0.39 is 5.54 Å². The number of nitrogens with zero attached hydrogens (tertiary/aromatic N) is 1. The monoisotopic (exact) mass is 344 g/mol. The van der Waals surface area contributed by atoms with Crippen LogP contribution in [0.25, 0.3) is 0 Å². The maximum absolute atomic E-state index is 12.6. The number of hydrogen-bond donors (Lipinski definition) is 3. The molecule has 25 heavy (non-hydrogen) atoms. The first-order chi connectivity index (χ1) is 11.9. The Bertz CT molecular complexity index is 685. The van der Waals surface area contributed by atoms with Crippen molar-refractivity contribution in [3.63, 3.8) is 0 Å². The van der Waals surface area contributed by atoms with Crippen molar-refractivity contribution < 1.29 is 14.4 Å². The van der Waals surface area contributed by atoms with Gasteiger partial charge in [0.1, 0.15) is 0 Å². The Morgan fingerprint density at radius 1 is 1.40 bits per heavy atom. The maximum Gasteiger partial charge on any atom is 0.324 e. The van der Waals surface area contributed by atoms with E-state index >= 15 is 0 Å². The maximum atomic E-state index is 12.6. The van der Waals surface area contributed by atoms with Crippen LogP contribution in [0.2, 0.25) is 0 Å². The molecule has 1 aromatic carbocycles.